The number of aromatic nitrogens is 2. The molecule has 1 aliphatic heterocycles. The zero-order valence-electron chi connectivity index (χ0n) is 17.1. The maximum absolute atomic E-state index is 14.1. The van der Waals surface area contributed by atoms with E-state index in [4.69, 9.17) is 9.97 Å². The van der Waals surface area contributed by atoms with Gasteiger partial charge in [0.1, 0.15) is 5.82 Å². The lowest BCUT2D eigenvalue weighted by molar-refractivity contribution is -0.124. The Kier molecular flexibility index (Phi) is 4.65. The number of nitrogens with zero attached hydrogens (tertiary/aromatic N) is 4. The van der Waals surface area contributed by atoms with Crippen LogP contribution in [-0.4, -0.2) is 36.0 Å². The van der Waals surface area contributed by atoms with E-state index in [-0.39, 0.29) is 11.7 Å². The fourth-order valence-electron chi connectivity index (χ4n) is 4.94. The van der Waals surface area contributed by atoms with Crippen LogP contribution in [0.4, 0.5) is 16.0 Å². The standard InChI is InChI=1S/C24H25FN4O/c1-28-14-7-15-29(22-21(28)26-19-10-2-3-11-20(19)27-22)23(30)24(12-4-5-13-24)17-8-6-9-18(25)16-17/h2-3,6,8-11,16H,4-5,7,12-15H2,1H3. The minimum Gasteiger partial charge on any atom is -0.357 e. The number of amides is 1. The summed E-state index contributed by atoms with van der Waals surface area (Å²) in [5, 5.41) is 0. The predicted molar refractivity (Wildman–Crippen MR) is 116 cm³/mol. The highest BCUT2D eigenvalue weighted by atomic mass is 19.1. The third-order valence-corrected chi connectivity index (χ3v) is 6.52. The lowest BCUT2D eigenvalue weighted by atomic mass is 9.77. The molecule has 2 heterocycles. The zero-order valence-corrected chi connectivity index (χ0v) is 17.1. The van der Waals surface area contributed by atoms with Gasteiger partial charge in [-0.05, 0) is 49.1 Å². The minimum atomic E-state index is -0.699. The van der Waals surface area contributed by atoms with Crippen molar-refractivity contribution in [3.05, 3.63) is 59.9 Å². The number of halogens is 1. The highest BCUT2D eigenvalue weighted by Gasteiger charge is 2.46. The van der Waals surface area contributed by atoms with Crippen LogP contribution in [0.25, 0.3) is 11.0 Å². The molecule has 0 atom stereocenters. The van der Waals surface area contributed by atoms with Crippen LogP contribution < -0.4 is 9.80 Å². The molecule has 0 N–H and O–H groups in total. The second-order valence-electron chi connectivity index (χ2n) is 8.39. The van der Waals surface area contributed by atoms with Crippen LogP contribution in [0.1, 0.15) is 37.7 Å². The molecule has 0 saturated heterocycles. The Hall–Kier alpha value is -3.02. The van der Waals surface area contributed by atoms with Gasteiger partial charge in [0.05, 0.1) is 16.4 Å². The molecule has 0 spiro atoms. The number of hydrogen-bond donors (Lipinski definition) is 0. The lowest BCUT2D eigenvalue weighted by Crippen LogP contribution is -2.46. The number of anilines is 2. The molecule has 2 aromatic carbocycles. The minimum absolute atomic E-state index is 0.0201. The summed E-state index contributed by atoms with van der Waals surface area (Å²) in [5.74, 6) is 1.06. The van der Waals surface area contributed by atoms with Crippen molar-refractivity contribution >= 4 is 28.6 Å². The zero-order chi connectivity index (χ0) is 20.7. The van der Waals surface area contributed by atoms with Crippen LogP contribution in [0.2, 0.25) is 0 Å². The summed E-state index contributed by atoms with van der Waals surface area (Å²) in [6.45, 7) is 1.39. The first-order valence-electron chi connectivity index (χ1n) is 10.6. The van der Waals surface area contributed by atoms with Gasteiger partial charge in [-0.25, -0.2) is 14.4 Å². The van der Waals surface area contributed by atoms with Crippen molar-refractivity contribution in [1.29, 1.82) is 0 Å². The lowest BCUT2D eigenvalue weighted by Gasteiger charge is -2.34. The van der Waals surface area contributed by atoms with Gasteiger partial charge >= 0.3 is 0 Å². The van der Waals surface area contributed by atoms with Gasteiger partial charge in [0.25, 0.3) is 0 Å². The first-order chi connectivity index (χ1) is 14.6. The monoisotopic (exact) mass is 404 g/mol. The number of para-hydroxylation sites is 2. The summed E-state index contributed by atoms with van der Waals surface area (Å²) >= 11 is 0. The van der Waals surface area contributed by atoms with E-state index in [1.165, 1.54) is 12.1 Å². The van der Waals surface area contributed by atoms with E-state index in [9.17, 15) is 9.18 Å². The number of benzene rings is 2. The van der Waals surface area contributed by atoms with E-state index in [2.05, 4.69) is 4.90 Å². The van der Waals surface area contributed by atoms with E-state index in [1.807, 2.05) is 42.3 Å². The van der Waals surface area contributed by atoms with Crippen molar-refractivity contribution in [3.8, 4) is 0 Å². The molecule has 1 aliphatic carbocycles. The fourth-order valence-corrected chi connectivity index (χ4v) is 4.94. The van der Waals surface area contributed by atoms with E-state index < -0.39 is 5.41 Å². The Balaban J connectivity index is 1.65. The quantitative estimate of drug-likeness (QED) is 0.633. The fraction of sp³-hybridized carbons (Fsp3) is 0.375. The van der Waals surface area contributed by atoms with Crippen LogP contribution in [0, 0.1) is 5.82 Å². The first kappa shape index (κ1) is 19.0. The average molecular weight is 404 g/mol. The summed E-state index contributed by atoms with van der Waals surface area (Å²) in [4.78, 5) is 27.7. The maximum Gasteiger partial charge on any atom is 0.238 e. The molecule has 0 unspecified atom stereocenters. The molecule has 5 nitrogen and oxygen atoms in total. The van der Waals surface area contributed by atoms with Gasteiger partial charge in [0, 0.05) is 20.1 Å². The first-order valence-corrected chi connectivity index (χ1v) is 10.6. The Morgan fingerprint density at radius 1 is 0.933 bits per heavy atom. The molecular formula is C24H25FN4O. The summed E-state index contributed by atoms with van der Waals surface area (Å²) in [7, 11) is 1.99. The number of rotatable bonds is 2. The van der Waals surface area contributed by atoms with Crippen LogP contribution in [0.3, 0.4) is 0 Å². The SMILES string of the molecule is CN1CCCN(C(=O)C2(c3cccc(F)c3)CCCC2)c2nc3ccccc3nc21. The van der Waals surface area contributed by atoms with E-state index in [0.717, 1.165) is 61.1 Å². The molecule has 30 heavy (non-hydrogen) atoms. The van der Waals surface area contributed by atoms with Crippen molar-refractivity contribution in [2.75, 3.05) is 29.9 Å². The second kappa shape index (κ2) is 7.35. The predicted octanol–water partition coefficient (Wildman–Crippen LogP) is 4.45. The van der Waals surface area contributed by atoms with Gasteiger partial charge in [-0.15, -0.1) is 0 Å². The smallest absolute Gasteiger partial charge is 0.238 e. The molecule has 5 rings (SSSR count). The molecule has 1 amide bonds. The van der Waals surface area contributed by atoms with Crippen molar-refractivity contribution in [2.45, 2.75) is 37.5 Å². The van der Waals surface area contributed by atoms with Gasteiger partial charge in [0.2, 0.25) is 5.91 Å². The Morgan fingerprint density at radius 2 is 1.63 bits per heavy atom. The maximum atomic E-state index is 14.1. The summed E-state index contributed by atoms with van der Waals surface area (Å²) < 4.78 is 14.1. The van der Waals surface area contributed by atoms with Crippen LogP contribution in [0.15, 0.2) is 48.5 Å². The van der Waals surface area contributed by atoms with Gasteiger partial charge in [0.15, 0.2) is 11.6 Å². The normalized spacial score (nSPS) is 18.3. The van der Waals surface area contributed by atoms with Crippen molar-refractivity contribution in [2.24, 2.45) is 0 Å². The second-order valence-corrected chi connectivity index (χ2v) is 8.39. The largest absolute Gasteiger partial charge is 0.357 e. The van der Waals surface area contributed by atoms with Crippen molar-refractivity contribution in [1.82, 2.24) is 9.97 Å². The van der Waals surface area contributed by atoms with E-state index in [1.54, 1.807) is 6.07 Å². The summed E-state index contributed by atoms with van der Waals surface area (Å²) in [6, 6.07) is 14.3. The van der Waals surface area contributed by atoms with Gasteiger partial charge in [-0.1, -0.05) is 37.1 Å². The molecule has 154 valence electrons. The summed E-state index contributed by atoms with van der Waals surface area (Å²) in [5.41, 5.74) is 1.67. The molecule has 2 aliphatic rings. The molecule has 0 bridgehead atoms. The third-order valence-electron chi connectivity index (χ3n) is 6.52. The number of carbonyl (C=O) groups excluding carboxylic acids is 1. The number of carbonyl (C=O) groups is 1. The topological polar surface area (TPSA) is 49.3 Å². The van der Waals surface area contributed by atoms with Gasteiger partial charge < -0.3 is 4.90 Å². The van der Waals surface area contributed by atoms with Gasteiger partial charge in [-0.2, -0.15) is 0 Å². The van der Waals surface area contributed by atoms with Crippen LogP contribution >= 0.6 is 0 Å². The Bertz CT molecular complexity index is 1110. The molecule has 0 radical (unpaired) electrons. The highest BCUT2D eigenvalue weighted by molar-refractivity contribution is 6.03. The third kappa shape index (κ3) is 3.02. The Labute approximate surface area is 175 Å². The summed E-state index contributed by atoms with van der Waals surface area (Å²) in [6.07, 6.45) is 4.23. The highest BCUT2D eigenvalue weighted by Crippen LogP contribution is 2.44. The number of fused-ring (bicyclic) bond motifs is 2. The molecule has 1 fully saturated rings. The van der Waals surface area contributed by atoms with E-state index in [0.29, 0.717) is 12.4 Å². The number of hydrogen-bond acceptors (Lipinski definition) is 4. The Morgan fingerprint density at radius 3 is 2.33 bits per heavy atom. The van der Waals surface area contributed by atoms with Crippen molar-refractivity contribution in [3.63, 3.8) is 0 Å². The van der Waals surface area contributed by atoms with E-state index >= 15 is 0 Å². The molecular weight excluding hydrogens is 379 g/mol. The van der Waals surface area contributed by atoms with Crippen LogP contribution in [-0.2, 0) is 10.2 Å². The molecule has 3 aromatic rings. The molecule has 1 aromatic heterocycles. The van der Waals surface area contributed by atoms with Crippen molar-refractivity contribution < 1.29 is 9.18 Å². The van der Waals surface area contributed by atoms with Crippen LogP contribution in [0.5, 0.6) is 0 Å². The average Bonchev–Trinajstić information content (AvgIpc) is 3.21. The molecule has 6 heteroatoms. The molecule has 1 saturated carbocycles. The van der Waals surface area contributed by atoms with Gasteiger partial charge in [-0.3, -0.25) is 9.69 Å².